The van der Waals surface area contributed by atoms with E-state index < -0.39 is 6.23 Å². The summed E-state index contributed by atoms with van der Waals surface area (Å²) >= 11 is 0. The van der Waals surface area contributed by atoms with Crippen LogP contribution in [0, 0.1) is 0 Å². The van der Waals surface area contributed by atoms with E-state index in [9.17, 15) is 9.90 Å². The zero-order valence-corrected chi connectivity index (χ0v) is 14.1. The number of likely N-dealkylation sites (N-methyl/N-ethyl adjacent to an activating group) is 1. The van der Waals surface area contributed by atoms with E-state index in [-0.39, 0.29) is 19.1 Å². The Kier molecular flexibility index (Phi) is 7.34. The summed E-state index contributed by atoms with van der Waals surface area (Å²) in [6.07, 6.45) is 1.02. The standard InChI is InChI=1S/C18H23N3O4/c1-21(14-7-3-2-4-8-14)16(23)13-25-15-9-5-10-19-17(15)18(24)20-11-6-12-22/h2-5,7-10,18,20,22,24H,6,11-13H2,1H3/t18-/m1/s1. The zero-order chi connectivity index (χ0) is 18.1. The minimum atomic E-state index is -1.04. The fourth-order valence-electron chi connectivity index (χ4n) is 2.18. The third-order valence-corrected chi connectivity index (χ3v) is 3.60. The number of anilines is 1. The maximum Gasteiger partial charge on any atom is 0.264 e. The van der Waals surface area contributed by atoms with Crippen molar-refractivity contribution < 1.29 is 19.7 Å². The summed E-state index contributed by atoms with van der Waals surface area (Å²) in [6.45, 7) is 0.294. The molecule has 1 heterocycles. The van der Waals surface area contributed by atoms with Gasteiger partial charge in [-0.1, -0.05) is 18.2 Å². The van der Waals surface area contributed by atoms with Gasteiger partial charge in [0.15, 0.2) is 12.8 Å². The number of hydrogen-bond donors (Lipinski definition) is 3. The van der Waals surface area contributed by atoms with Gasteiger partial charge in [0.1, 0.15) is 11.4 Å². The lowest BCUT2D eigenvalue weighted by atomic mass is 10.3. The molecule has 2 aromatic rings. The zero-order valence-electron chi connectivity index (χ0n) is 14.1. The van der Waals surface area contributed by atoms with Crippen molar-refractivity contribution in [3.63, 3.8) is 0 Å². The average Bonchev–Trinajstić information content (AvgIpc) is 2.66. The number of para-hydroxylation sites is 1. The van der Waals surface area contributed by atoms with Gasteiger partial charge in [0.05, 0.1) is 0 Å². The second-order valence-electron chi connectivity index (χ2n) is 5.40. The molecule has 1 amide bonds. The Bertz CT molecular complexity index is 666. The molecule has 0 aliphatic heterocycles. The van der Waals surface area contributed by atoms with Crippen LogP contribution >= 0.6 is 0 Å². The molecule has 2 rings (SSSR count). The highest BCUT2D eigenvalue weighted by Crippen LogP contribution is 2.21. The fourth-order valence-corrected chi connectivity index (χ4v) is 2.18. The van der Waals surface area contributed by atoms with E-state index in [0.29, 0.717) is 24.4 Å². The maximum absolute atomic E-state index is 12.3. The summed E-state index contributed by atoms with van der Waals surface area (Å²) in [5.74, 6) is 0.116. The Labute approximate surface area is 146 Å². The van der Waals surface area contributed by atoms with E-state index in [1.807, 2.05) is 30.3 Å². The van der Waals surface area contributed by atoms with Crippen LogP contribution in [-0.4, -0.2) is 47.9 Å². The predicted molar refractivity (Wildman–Crippen MR) is 94.2 cm³/mol. The molecule has 0 bridgehead atoms. The van der Waals surface area contributed by atoms with Gasteiger partial charge in [-0.15, -0.1) is 0 Å². The minimum Gasteiger partial charge on any atom is -0.482 e. The molecular weight excluding hydrogens is 322 g/mol. The van der Waals surface area contributed by atoms with Crippen molar-refractivity contribution in [1.29, 1.82) is 0 Å². The number of pyridine rings is 1. The van der Waals surface area contributed by atoms with Crippen LogP contribution in [0.3, 0.4) is 0 Å². The number of rotatable bonds is 9. The number of nitrogens with zero attached hydrogens (tertiary/aromatic N) is 2. The van der Waals surface area contributed by atoms with Crippen LogP contribution in [0.4, 0.5) is 5.69 Å². The molecule has 0 radical (unpaired) electrons. The number of aliphatic hydroxyl groups excluding tert-OH is 2. The topological polar surface area (TPSA) is 94.9 Å². The minimum absolute atomic E-state index is 0.0334. The molecule has 3 N–H and O–H groups in total. The lowest BCUT2D eigenvalue weighted by molar-refractivity contribution is -0.120. The van der Waals surface area contributed by atoms with Gasteiger partial charge >= 0.3 is 0 Å². The molecule has 7 nitrogen and oxygen atoms in total. The SMILES string of the molecule is CN(C(=O)COc1cccnc1[C@@H](O)NCCCO)c1ccccc1. The highest BCUT2D eigenvalue weighted by Gasteiger charge is 2.17. The van der Waals surface area contributed by atoms with Crippen molar-refractivity contribution in [3.8, 4) is 5.75 Å². The normalized spacial score (nSPS) is 11.8. The Morgan fingerprint density at radius 3 is 2.76 bits per heavy atom. The van der Waals surface area contributed by atoms with Gasteiger partial charge in [0.2, 0.25) is 0 Å². The Morgan fingerprint density at radius 1 is 1.28 bits per heavy atom. The number of nitrogens with one attached hydrogen (secondary N) is 1. The van der Waals surface area contributed by atoms with Crippen LogP contribution in [-0.2, 0) is 4.79 Å². The van der Waals surface area contributed by atoms with Crippen LogP contribution in [0.2, 0.25) is 0 Å². The summed E-state index contributed by atoms with van der Waals surface area (Å²) in [5.41, 5.74) is 1.07. The molecule has 0 fully saturated rings. The number of carbonyl (C=O) groups excluding carboxylic acids is 1. The number of benzene rings is 1. The summed E-state index contributed by atoms with van der Waals surface area (Å²) in [7, 11) is 1.68. The predicted octanol–water partition coefficient (Wildman–Crippen LogP) is 1.09. The Balaban J connectivity index is 1.97. The van der Waals surface area contributed by atoms with Crippen molar-refractivity contribution in [3.05, 3.63) is 54.4 Å². The molecule has 0 saturated carbocycles. The smallest absolute Gasteiger partial charge is 0.264 e. The number of hydrogen-bond acceptors (Lipinski definition) is 6. The first-order valence-corrected chi connectivity index (χ1v) is 8.05. The van der Waals surface area contributed by atoms with Crippen molar-refractivity contribution in [2.45, 2.75) is 12.6 Å². The molecule has 0 aliphatic rings. The molecule has 25 heavy (non-hydrogen) atoms. The fraction of sp³-hybridized carbons (Fsp3) is 0.333. The molecule has 0 unspecified atom stereocenters. The quantitative estimate of drug-likeness (QED) is 0.465. The van der Waals surface area contributed by atoms with Crippen molar-refractivity contribution >= 4 is 11.6 Å². The lowest BCUT2D eigenvalue weighted by Gasteiger charge is -2.19. The molecular formula is C18H23N3O4. The number of aromatic nitrogens is 1. The molecule has 0 saturated heterocycles. The van der Waals surface area contributed by atoms with Gasteiger partial charge in [-0.3, -0.25) is 15.1 Å². The molecule has 1 aromatic carbocycles. The van der Waals surface area contributed by atoms with Crippen molar-refractivity contribution in [1.82, 2.24) is 10.3 Å². The van der Waals surface area contributed by atoms with Gasteiger partial charge in [-0.25, -0.2) is 0 Å². The van der Waals surface area contributed by atoms with Gasteiger partial charge < -0.3 is 19.8 Å². The van der Waals surface area contributed by atoms with E-state index in [4.69, 9.17) is 9.84 Å². The highest BCUT2D eigenvalue weighted by atomic mass is 16.5. The Morgan fingerprint density at radius 2 is 2.04 bits per heavy atom. The van der Waals surface area contributed by atoms with Crippen molar-refractivity contribution in [2.24, 2.45) is 0 Å². The summed E-state index contributed by atoms with van der Waals surface area (Å²) in [6, 6.07) is 12.6. The first-order valence-electron chi connectivity index (χ1n) is 8.05. The highest BCUT2D eigenvalue weighted by molar-refractivity contribution is 5.93. The molecule has 1 aromatic heterocycles. The molecule has 134 valence electrons. The first-order chi connectivity index (χ1) is 12.1. The van der Waals surface area contributed by atoms with Gasteiger partial charge in [-0.2, -0.15) is 0 Å². The first kappa shape index (κ1) is 18.9. The van der Waals surface area contributed by atoms with Crippen molar-refractivity contribution in [2.75, 3.05) is 31.7 Å². The lowest BCUT2D eigenvalue weighted by Crippen LogP contribution is -2.31. The average molecular weight is 345 g/mol. The van der Waals surface area contributed by atoms with Crippen LogP contribution in [0.25, 0.3) is 0 Å². The van der Waals surface area contributed by atoms with E-state index in [1.165, 1.54) is 11.1 Å². The van der Waals surface area contributed by atoms with Gasteiger partial charge in [0, 0.05) is 32.1 Å². The van der Waals surface area contributed by atoms with E-state index >= 15 is 0 Å². The molecule has 1 atom stereocenters. The maximum atomic E-state index is 12.3. The number of ether oxygens (including phenoxy) is 1. The van der Waals surface area contributed by atoms with E-state index in [0.717, 1.165) is 5.69 Å². The Hall–Kier alpha value is -2.48. The van der Waals surface area contributed by atoms with E-state index in [2.05, 4.69) is 10.3 Å². The number of carbonyl (C=O) groups is 1. The number of aliphatic hydroxyl groups is 2. The third-order valence-electron chi connectivity index (χ3n) is 3.60. The van der Waals surface area contributed by atoms with Gasteiger partial charge in [0.25, 0.3) is 5.91 Å². The second kappa shape index (κ2) is 9.73. The molecule has 0 spiro atoms. The van der Waals surface area contributed by atoms with Crippen LogP contribution in [0.15, 0.2) is 48.7 Å². The van der Waals surface area contributed by atoms with Gasteiger partial charge in [-0.05, 0) is 30.7 Å². The third kappa shape index (κ3) is 5.53. The monoisotopic (exact) mass is 345 g/mol. The van der Waals surface area contributed by atoms with Crippen LogP contribution in [0.1, 0.15) is 18.3 Å². The van der Waals surface area contributed by atoms with E-state index in [1.54, 1.807) is 19.2 Å². The summed E-state index contributed by atoms with van der Waals surface area (Å²) in [4.78, 5) is 17.9. The summed E-state index contributed by atoms with van der Waals surface area (Å²) < 4.78 is 5.57. The number of amides is 1. The molecule has 7 heteroatoms. The van der Waals surface area contributed by atoms with Crippen LogP contribution in [0.5, 0.6) is 5.75 Å². The summed E-state index contributed by atoms with van der Waals surface area (Å²) in [5, 5.41) is 21.8. The largest absolute Gasteiger partial charge is 0.482 e. The van der Waals surface area contributed by atoms with Crippen LogP contribution < -0.4 is 15.0 Å². The second-order valence-corrected chi connectivity index (χ2v) is 5.40. The molecule has 0 aliphatic carbocycles.